The average molecular weight is 277 g/mol. The van der Waals surface area contributed by atoms with E-state index < -0.39 is 0 Å². The number of nitrogens with one attached hydrogen (secondary N) is 1. The van der Waals surface area contributed by atoms with Crippen LogP contribution in [0.5, 0.6) is 0 Å². The summed E-state index contributed by atoms with van der Waals surface area (Å²) in [6, 6.07) is 4.27. The lowest BCUT2D eigenvalue weighted by Crippen LogP contribution is -1.95. The van der Waals surface area contributed by atoms with Crippen LogP contribution < -0.4 is 5.32 Å². The molecule has 0 aliphatic heterocycles. The summed E-state index contributed by atoms with van der Waals surface area (Å²) >= 11 is 0. The molecule has 1 aromatic rings. The lowest BCUT2D eigenvalue weighted by atomic mass is 10.0. The number of hydrogen-bond acceptors (Lipinski definition) is 1. The van der Waals surface area contributed by atoms with E-state index in [4.69, 9.17) is 0 Å². The minimum atomic E-state index is 0. The molecule has 0 heterocycles. The van der Waals surface area contributed by atoms with Crippen LogP contribution in [0.15, 0.2) is 12.1 Å². The molecule has 0 bridgehead atoms. The summed E-state index contributed by atoms with van der Waals surface area (Å²) in [5.41, 5.74) is 5.33. The van der Waals surface area contributed by atoms with E-state index in [0.717, 1.165) is 0 Å². The van der Waals surface area contributed by atoms with Crippen molar-refractivity contribution < 1.29 is 0 Å². The number of hydrogen-bond donors (Lipinski definition) is 1. The van der Waals surface area contributed by atoms with Gasteiger partial charge in [-0.2, -0.15) is 0 Å². The van der Waals surface area contributed by atoms with Gasteiger partial charge in [-0.15, -0.1) is 24.0 Å². The zero-order valence-corrected chi connectivity index (χ0v) is 10.4. The Morgan fingerprint density at radius 3 is 2.08 bits per heavy atom. The molecule has 0 fully saturated rings. The Balaban J connectivity index is 0.00000121. The second kappa shape index (κ2) is 4.70. The highest BCUT2D eigenvalue weighted by Crippen LogP contribution is 2.20. The van der Waals surface area contributed by atoms with Crippen molar-refractivity contribution in [1.29, 1.82) is 0 Å². The summed E-state index contributed by atoms with van der Waals surface area (Å²) < 4.78 is 0. The van der Waals surface area contributed by atoms with E-state index in [0.29, 0.717) is 0 Å². The smallest absolute Gasteiger partial charge is 0.0370 e. The van der Waals surface area contributed by atoms with Crippen LogP contribution in [0.3, 0.4) is 0 Å². The first-order valence-corrected chi connectivity index (χ1v) is 3.91. The Morgan fingerprint density at radius 2 is 1.58 bits per heavy atom. The van der Waals surface area contributed by atoms with Gasteiger partial charge in [0.25, 0.3) is 0 Å². The van der Waals surface area contributed by atoms with Crippen LogP contribution in [0.4, 0.5) is 5.69 Å². The molecule has 0 aliphatic carbocycles. The Bertz CT molecular complexity index is 269. The number of benzene rings is 1. The van der Waals surface area contributed by atoms with E-state index in [-0.39, 0.29) is 24.0 Å². The standard InChI is InChI=1S/C10H15N.HI/c1-7-5-6-10(11-4)9(3)8(7)2;/h5-6,11H,1-4H3;1H. The van der Waals surface area contributed by atoms with Gasteiger partial charge in [-0.25, -0.2) is 0 Å². The van der Waals surface area contributed by atoms with Gasteiger partial charge in [0.15, 0.2) is 0 Å². The summed E-state index contributed by atoms with van der Waals surface area (Å²) in [4.78, 5) is 0. The van der Waals surface area contributed by atoms with Crippen molar-refractivity contribution >= 4 is 29.7 Å². The van der Waals surface area contributed by atoms with Crippen molar-refractivity contribution in [3.05, 3.63) is 28.8 Å². The maximum absolute atomic E-state index is 3.16. The summed E-state index contributed by atoms with van der Waals surface area (Å²) in [6.07, 6.45) is 0. The molecule has 0 amide bonds. The minimum Gasteiger partial charge on any atom is -0.388 e. The van der Waals surface area contributed by atoms with Crippen molar-refractivity contribution in [2.24, 2.45) is 0 Å². The van der Waals surface area contributed by atoms with Crippen molar-refractivity contribution in [1.82, 2.24) is 0 Å². The molecular formula is C10H16IN. The molecule has 0 unspecified atom stereocenters. The van der Waals surface area contributed by atoms with Crippen LogP contribution in [0, 0.1) is 20.8 Å². The summed E-state index contributed by atoms with van der Waals surface area (Å²) in [7, 11) is 1.96. The topological polar surface area (TPSA) is 12.0 Å². The van der Waals surface area contributed by atoms with Gasteiger partial charge in [0, 0.05) is 12.7 Å². The number of aryl methyl sites for hydroxylation is 1. The molecule has 0 spiro atoms. The molecule has 1 rings (SSSR count). The van der Waals surface area contributed by atoms with E-state index in [2.05, 4.69) is 38.2 Å². The van der Waals surface area contributed by atoms with Gasteiger partial charge in [0.1, 0.15) is 0 Å². The molecule has 0 atom stereocenters. The third kappa shape index (κ3) is 2.12. The van der Waals surface area contributed by atoms with Crippen LogP contribution in [-0.4, -0.2) is 7.05 Å². The van der Waals surface area contributed by atoms with Gasteiger partial charge in [-0.05, 0) is 43.5 Å². The van der Waals surface area contributed by atoms with Gasteiger partial charge in [0.2, 0.25) is 0 Å². The van der Waals surface area contributed by atoms with E-state index in [1.54, 1.807) is 0 Å². The van der Waals surface area contributed by atoms with Crippen molar-refractivity contribution in [3.8, 4) is 0 Å². The monoisotopic (exact) mass is 277 g/mol. The highest BCUT2D eigenvalue weighted by atomic mass is 127. The quantitative estimate of drug-likeness (QED) is 0.777. The predicted molar refractivity (Wildman–Crippen MR) is 65.6 cm³/mol. The van der Waals surface area contributed by atoms with Crippen LogP contribution in [0.1, 0.15) is 16.7 Å². The molecule has 0 aromatic heterocycles. The van der Waals surface area contributed by atoms with Crippen LogP contribution >= 0.6 is 24.0 Å². The van der Waals surface area contributed by atoms with E-state index in [1.165, 1.54) is 22.4 Å². The normalized spacial score (nSPS) is 9.00. The Morgan fingerprint density at radius 1 is 1.00 bits per heavy atom. The summed E-state index contributed by atoms with van der Waals surface area (Å²) in [6.45, 7) is 6.45. The zero-order valence-electron chi connectivity index (χ0n) is 8.06. The lowest BCUT2D eigenvalue weighted by molar-refractivity contribution is 1.26. The molecule has 0 saturated heterocycles. The third-order valence-electron chi connectivity index (χ3n) is 2.33. The largest absolute Gasteiger partial charge is 0.388 e. The third-order valence-corrected chi connectivity index (χ3v) is 2.33. The SMILES string of the molecule is CNc1ccc(C)c(C)c1C.I. The molecular weight excluding hydrogens is 261 g/mol. The first-order chi connectivity index (χ1) is 5.16. The molecule has 1 aromatic carbocycles. The molecule has 0 radical (unpaired) electrons. The minimum absolute atomic E-state index is 0. The second-order valence-corrected chi connectivity index (χ2v) is 2.93. The molecule has 2 heteroatoms. The van der Waals surface area contributed by atoms with Crippen molar-refractivity contribution in [2.45, 2.75) is 20.8 Å². The van der Waals surface area contributed by atoms with Gasteiger partial charge in [-0.1, -0.05) is 6.07 Å². The van der Waals surface area contributed by atoms with Gasteiger partial charge in [-0.3, -0.25) is 0 Å². The highest BCUT2D eigenvalue weighted by molar-refractivity contribution is 14.0. The van der Waals surface area contributed by atoms with Gasteiger partial charge in [0.05, 0.1) is 0 Å². The fraction of sp³-hybridized carbons (Fsp3) is 0.400. The Labute approximate surface area is 91.6 Å². The van der Waals surface area contributed by atoms with Crippen LogP contribution in [-0.2, 0) is 0 Å². The van der Waals surface area contributed by atoms with E-state index in [1.807, 2.05) is 7.05 Å². The van der Waals surface area contributed by atoms with Gasteiger partial charge < -0.3 is 5.32 Å². The fourth-order valence-electron chi connectivity index (χ4n) is 1.23. The number of rotatable bonds is 1. The highest BCUT2D eigenvalue weighted by Gasteiger charge is 2.00. The average Bonchev–Trinajstić information content (AvgIpc) is 2.01. The molecule has 68 valence electrons. The molecule has 1 nitrogen and oxygen atoms in total. The van der Waals surface area contributed by atoms with Crippen LogP contribution in [0.25, 0.3) is 0 Å². The van der Waals surface area contributed by atoms with E-state index >= 15 is 0 Å². The molecule has 1 N–H and O–H groups in total. The molecule has 12 heavy (non-hydrogen) atoms. The zero-order chi connectivity index (χ0) is 8.43. The van der Waals surface area contributed by atoms with E-state index in [9.17, 15) is 0 Å². The Hall–Kier alpha value is -0.250. The summed E-state index contributed by atoms with van der Waals surface area (Å²) in [5, 5.41) is 3.16. The maximum atomic E-state index is 3.16. The van der Waals surface area contributed by atoms with Gasteiger partial charge >= 0.3 is 0 Å². The molecule has 0 aliphatic rings. The second-order valence-electron chi connectivity index (χ2n) is 2.93. The fourth-order valence-corrected chi connectivity index (χ4v) is 1.23. The lowest BCUT2D eigenvalue weighted by Gasteiger charge is -2.09. The maximum Gasteiger partial charge on any atom is 0.0370 e. The van der Waals surface area contributed by atoms with Crippen LogP contribution in [0.2, 0.25) is 0 Å². The first-order valence-electron chi connectivity index (χ1n) is 3.91. The number of halogens is 1. The Kier molecular flexibility index (Phi) is 4.60. The summed E-state index contributed by atoms with van der Waals surface area (Å²) in [5.74, 6) is 0. The predicted octanol–water partition coefficient (Wildman–Crippen LogP) is 3.27. The molecule has 0 saturated carbocycles. The van der Waals surface area contributed by atoms with Crippen molar-refractivity contribution in [3.63, 3.8) is 0 Å². The number of anilines is 1. The first kappa shape index (κ1) is 11.8. The van der Waals surface area contributed by atoms with Crippen molar-refractivity contribution in [2.75, 3.05) is 12.4 Å².